The normalized spacial score (nSPS) is 14.6. The molecule has 1 aliphatic rings. The Morgan fingerprint density at radius 2 is 1.86 bits per heavy atom. The summed E-state index contributed by atoms with van der Waals surface area (Å²) in [6, 6.07) is 23.2. The molecular weight excluding hydrogens is 604 g/mol. The first-order chi connectivity index (χ1) is 21.2. The van der Waals surface area contributed by atoms with E-state index >= 15 is 0 Å². The van der Waals surface area contributed by atoms with Gasteiger partial charge in [0.25, 0.3) is 17.2 Å². The fourth-order valence-electron chi connectivity index (χ4n) is 4.95. The maximum atomic E-state index is 14.0. The Hall–Kier alpha value is -5.26. The number of allylic oxidation sites excluding steroid dienone is 1. The Morgan fingerprint density at radius 3 is 2.57 bits per heavy atom. The van der Waals surface area contributed by atoms with Crippen LogP contribution in [0.4, 0.5) is 11.4 Å². The summed E-state index contributed by atoms with van der Waals surface area (Å²) >= 11 is 7.12. The lowest BCUT2D eigenvalue weighted by molar-refractivity contribution is -0.384. The van der Waals surface area contributed by atoms with E-state index in [1.165, 1.54) is 28.0 Å². The van der Waals surface area contributed by atoms with Crippen molar-refractivity contribution in [1.82, 2.24) is 4.57 Å². The number of benzene rings is 3. The van der Waals surface area contributed by atoms with Gasteiger partial charge in [-0.2, -0.15) is 0 Å². The molecular formula is C32H23ClN4O6S. The second-order valence-electron chi connectivity index (χ2n) is 9.80. The van der Waals surface area contributed by atoms with Crippen molar-refractivity contribution < 1.29 is 18.9 Å². The van der Waals surface area contributed by atoms with Crippen LogP contribution >= 0.6 is 22.9 Å². The number of nitro benzene ring substituents is 1. The lowest BCUT2D eigenvalue weighted by Crippen LogP contribution is -2.40. The number of hydrogen-bond acceptors (Lipinski definition) is 8. The largest absolute Gasteiger partial charge is 0.497 e. The van der Waals surface area contributed by atoms with Crippen LogP contribution in [-0.4, -0.2) is 22.5 Å². The highest BCUT2D eigenvalue weighted by molar-refractivity contribution is 7.07. The van der Waals surface area contributed by atoms with Crippen molar-refractivity contribution in [2.75, 3.05) is 12.4 Å². The van der Waals surface area contributed by atoms with Gasteiger partial charge < -0.3 is 14.5 Å². The highest BCUT2D eigenvalue weighted by atomic mass is 35.5. The monoisotopic (exact) mass is 626 g/mol. The number of thiazole rings is 1. The number of nitrogens with one attached hydrogen (secondary N) is 1. The average Bonchev–Trinajstić information content (AvgIpc) is 3.61. The summed E-state index contributed by atoms with van der Waals surface area (Å²) in [7, 11) is 1.56. The molecule has 0 saturated heterocycles. The molecule has 1 N–H and O–H groups in total. The quantitative estimate of drug-likeness (QED) is 0.182. The molecule has 0 bridgehead atoms. The predicted octanol–water partition coefficient (Wildman–Crippen LogP) is 5.70. The van der Waals surface area contributed by atoms with Gasteiger partial charge in [-0.25, -0.2) is 4.99 Å². The molecule has 10 nitrogen and oxygen atoms in total. The van der Waals surface area contributed by atoms with Crippen molar-refractivity contribution in [3.05, 3.63) is 142 Å². The SMILES string of the molecule is COc1ccc([C@H]2C(C(=O)Nc3ccccc3)=C(C)N=c3s/c(=C/c4ccc(-c5ccc(Cl)c([N+](=O)[O-])c5)o4)c(=O)n32)cc1. The Balaban J connectivity index is 1.43. The lowest BCUT2D eigenvalue weighted by atomic mass is 9.95. The van der Waals surface area contributed by atoms with E-state index in [-0.39, 0.29) is 22.2 Å². The fourth-order valence-corrected chi connectivity index (χ4v) is 6.17. The number of furan rings is 1. The average molecular weight is 627 g/mol. The molecule has 0 fully saturated rings. The first-order valence-electron chi connectivity index (χ1n) is 13.3. The summed E-state index contributed by atoms with van der Waals surface area (Å²) in [6.07, 6.45) is 1.59. The number of aromatic nitrogens is 1. The van der Waals surface area contributed by atoms with Gasteiger partial charge in [0.1, 0.15) is 22.3 Å². The molecule has 1 atom stereocenters. The molecule has 220 valence electrons. The first kappa shape index (κ1) is 28.8. The molecule has 6 rings (SSSR count). The summed E-state index contributed by atoms with van der Waals surface area (Å²) in [6.45, 7) is 1.75. The van der Waals surface area contributed by atoms with Gasteiger partial charge in [0, 0.05) is 23.4 Å². The van der Waals surface area contributed by atoms with E-state index in [4.69, 9.17) is 20.8 Å². The van der Waals surface area contributed by atoms with Gasteiger partial charge in [-0.1, -0.05) is 53.3 Å². The van der Waals surface area contributed by atoms with Gasteiger partial charge >= 0.3 is 0 Å². The van der Waals surface area contributed by atoms with Crippen LogP contribution in [0.15, 0.2) is 110 Å². The van der Waals surface area contributed by atoms with Crippen LogP contribution in [0.5, 0.6) is 5.75 Å². The van der Waals surface area contributed by atoms with Gasteiger partial charge in [-0.15, -0.1) is 0 Å². The summed E-state index contributed by atoms with van der Waals surface area (Å²) < 4.78 is 13.1. The molecule has 1 aliphatic heterocycles. The third-order valence-electron chi connectivity index (χ3n) is 7.06. The molecule has 3 aromatic carbocycles. The number of nitro groups is 1. The summed E-state index contributed by atoms with van der Waals surface area (Å²) in [5.74, 6) is 0.995. The Bertz CT molecular complexity index is 2130. The topological polar surface area (TPSA) is 129 Å². The summed E-state index contributed by atoms with van der Waals surface area (Å²) in [4.78, 5) is 43.5. The number of para-hydroxylation sites is 1. The molecule has 0 unspecified atom stereocenters. The van der Waals surface area contributed by atoms with Crippen LogP contribution in [0.3, 0.4) is 0 Å². The van der Waals surface area contributed by atoms with Gasteiger partial charge in [0.05, 0.1) is 33.9 Å². The number of halogens is 1. The molecule has 0 spiro atoms. The molecule has 2 aromatic heterocycles. The summed E-state index contributed by atoms with van der Waals surface area (Å²) in [5.41, 5.74) is 2.01. The predicted molar refractivity (Wildman–Crippen MR) is 168 cm³/mol. The maximum absolute atomic E-state index is 14.0. The first-order valence-corrected chi connectivity index (χ1v) is 14.5. The van der Waals surface area contributed by atoms with E-state index < -0.39 is 11.0 Å². The van der Waals surface area contributed by atoms with E-state index in [9.17, 15) is 19.7 Å². The number of amides is 1. The van der Waals surface area contributed by atoms with Crippen molar-refractivity contribution in [2.24, 2.45) is 4.99 Å². The van der Waals surface area contributed by atoms with Gasteiger partial charge in [-0.05, 0) is 61.0 Å². The van der Waals surface area contributed by atoms with Crippen molar-refractivity contribution in [3.63, 3.8) is 0 Å². The highest BCUT2D eigenvalue weighted by Gasteiger charge is 2.32. The van der Waals surface area contributed by atoms with Crippen LogP contribution in [0.2, 0.25) is 5.02 Å². The number of nitrogens with zero attached hydrogens (tertiary/aromatic N) is 3. The van der Waals surface area contributed by atoms with Gasteiger partial charge in [0.15, 0.2) is 4.80 Å². The van der Waals surface area contributed by atoms with Crippen molar-refractivity contribution >= 4 is 46.3 Å². The third kappa shape index (κ3) is 5.46. The minimum atomic E-state index is -0.759. The second kappa shape index (κ2) is 11.8. The van der Waals surface area contributed by atoms with Crippen LogP contribution in [0.1, 0.15) is 24.3 Å². The van der Waals surface area contributed by atoms with E-state index in [0.717, 1.165) is 0 Å². The minimum absolute atomic E-state index is 0.0187. The number of ether oxygens (including phenoxy) is 1. The van der Waals surface area contributed by atoms with Crippen LogP contribution in [0.25, 0.3) is 17.4 Å². The van der Waals surface area contributed by atoms with Crippen molar-refractivity contribution in [3.8, 4) is 17.1 Å². The maximum Gasteiger partial charge on any atom is 0.288 e. The van der Waals surface area contributed by atoms with E-state index in [1.807, 2.05) is 30.3 Å². The van der Waals surface area contributed by atoms with E-state index in [0.29, 0.717) is 54.7 Å². The molecule has 3 heterocycles. The smallest absolute Gasteiger partial charge is 0.288 e. The van der Waals surface area contributed by atoms with Crippen LogP contribution < -0.4 is 24.9 Å². The molecule has 0 aliphatic carbocycles. The Morgan fingerprint density at radius 1 is 1.11 bits per heavy atom. The number of rotatable bonds is 7. The molecule has 5 aromatic rings. The third-order valence-corrected chi connectivity index (χ3v) is 8.36. The molecule has 0 saturated carbocycles. The standard InChI is InChI=1S/C32H23ClN4O6S/c1-18-28(30(38)35-21-6-4-3-5-7-21)29(19-8-11-22(42-2)12-9-19)36-31(39)27(44-32(36)34-18)17-23-13-15-26(43-23)20-10-14-24(33)25(16-20)37(40)41/h3-17,29H,1-2H3,(H,35,38)/b27-17+/t29-/m0/s1. The fraction of sp³-hybridized carbons (Fsp3) is 0.0938. The molecule has 1 amide bonds. The number of carbonyl (C=O) groups is 1. The Labute approximate surface area is 259 Å². The van der Waals surface area contributed by atoms with Crippen LogP contribution in [0, 0.1) is 10.1 Å². The van der Waals surface area contributed by atoms with Crippen molar-refractivity contribution in [2.45, 2.75) is 13.0 Å². The highest BCUT2D eigenvalue weighted by Crippen LogP contribution is 2.33. The zero-order valence-corrected chi connectivity index (χ0v) is 24.9. The van der Waals surface area contributed by atoms with E-state index in [2.05, 4.69) is 10.3 Å². The Kier molecular flexibility index (Phi) is 7.73. The lowest BCUT2D eigenvalue weighted by Gasteiger charge is -2.25. The summed E-state index contributed by atoms with van der Waals surface area (Å²) in [5, 5.41) is 14.3. The van der Waals surface area contributed by atoms with E-state index in [1.54, 1.807) is 62.6 Å². The zero-order chi connectivity index (χ0) is 31.0. The molecule has 12 heteroatoms. The zero-order valence-electron chi connectivity index (χ0n) is 23.3. The number of anilines is 1. The molecule has 44 heavy (non-hydrogen) atoms. The van der Waals surface area contributed by atoms with Crippen LogP contribution in [-0.2, 0) is 4.79 Å². The molecule has 0 radical (unpaired) electrons. The second-order valence-corrected chi connectivity index (χ2v) is 11.2. The number of carbonyl (C=O) groups excluding carboxylic acids is 1. The number of fused-ring (bicyclic) bond motifs is 1. The minimum Gasteiger partial charge on any atom is -0.497 e. The number of methoxy groups -OCH3 is 1. The van der Waals surface area contributed by atoms with Gasteiger partial charge in [-0.3, -0.25) is 24.3 Å². The van der Waals surface area contributed by atoms with Crippen molar-refractivity contribution in [1.29, 1.82) is 0 Å². The van der Waals surface area contributed by atoms with Gasteiger partial charge in [0.2, 0.25) is 0 Å². The number of hydrogen-bond donors (Lipinski definition) is 1.